The number of nitrogens with one attached hydrogen (secondary N) is 1. The van der Waals surface area contributed by atoms with E-state index < -0.39 is 0 Å². The van der Waals surface area contributed by atoms with Crippen LogP contribution >= 0.6 is 0 Å². The van der Waals surface area contributed by atoms with Gasteiger partial charge < -0.3 is 14.8 Å². The van der Waals surface area contributed by atoms with E-state index in [0.717, 1.165) is 12.2 Å². The van der Waals surface area contributed by atoms with Gasteiger partial charge in [-0.2, -0.15) is 0 Å². The summed E-state index contributed by atoms with van der Waals surface area (Å²) in [6, 6.07) is 4.71. The molecule has 0 radical (unpaired) electrons. The molecule has 0 saturated heterocycles. The lowest BCUT2D eigenvalue weighted by Crippen LogP contribution is -2.42. The van der Waals surface area contributed by atoms with Crippen molar-refractivity contribution in [2.24, 2.45) is 0 Å². The predicted octanol–water partition coefficient (Wildman–Crippen LogP) is 3.53. The predicted molar refractivity (Wildman–Crippen MR) is 82.5 cm³/mol. The summed E-state index contributed by atoms with van der Waals surface area (Å²) in [6.45, 7) is 4.26. The number of hydrogen-bond donors (Lipinski definition) is 1. The second kappa shape index (κ2) is 6.15. The van der Waals surface area contributed by atoms with E-state index >= 15 is 0 Å². The fraction of sp³-hybridized carbons (Fsp3) is 0.647. The molecule has 1 aromatic rings. The number of ether oxygens (including phenoxy) is 2. The average molecular weight is 277 g/mol. The molecule has 1 atom stereocenters. The molecule has 1 N–H and O–H groups in total. The van der Waals surface area contributed by atoms with Crippen molar-refractivity contribution in [3.8, 4) is 5.75 Å². The number of aryl methyl sites for hydroxylation is 2. The van der Waals surface area contributed by atoms with Crippen molar-refractivity contribution in [2.75, 3.05) is 21.3 Å². The van der Waals surface area contributed by atoms with Gasteiger partial charge in [-0.1, -0.05) is 6.07 Å². The highest BCUT2D eigenvalue weighted by Gasteiger charge is 2.39. The van der Waals surface area contributed by atoms with Crippen LogP contribution in [0.25, 0.3) is 0 Å². The van der Waals surface area contributed by atoms with Gasteiger partial charge in [0.15, 0.2) is 0 Å². The summed E-state index contributed by atoms with van der Waals surface area (Å²) in [5.74, 6) is 0.964. The van der Waals surface area contributed by atoms with Crippen LogP contribution in [0.15, 0.2) is 12.1 Å². The Kier molecular flexibility index (Phi) is 4.71. The minimum Gasteiger partial charge on any atom is -0.496 e. The zero-order chi connectivity index (χ0) is 14.8. The fourth-order valence-corrected chi connectivity index (χ4v) is 3.21. The zero-order valence-corrected chi connectivity index (χ0v) is 13.4. The van der Waals surface area contributed by atoms with Gasteiger partial charge in [-0.15, -0.1) is 0 Å². The van der Waals surface area contributed by atoms with Crippen LogP contribution in [0, 0.1) is 13.8 Å². The molecule has 20 heavy (non-hydrogen) atoms. The van der Waals surface area contributed by atoms with Gasteiger partial charge in [0.2, 0.25) is 0 Å². The lowest BCUT2D eigenvalue weighted by molar-refractivity contribution is -0.0834. The maximum absolute atomic E-state index is 5.78. The normalized spacial score (nSPS) is 18.4. The molecule has 112 valence electrons. The smallest absolute Gasteiger partial charge is 0.122 e. The van der Waals surface area contributed by atoms with E-state index in [4.69, 9.17) is 9.47 Å². The van der Waals surface area contributed by atoms with Crippen molar-refractivity contribution >= 4 is 0 Å². The second-order valence-corrected chi connectivity index (χ2v) is 5.96. The molecule has 1 unspecified atom stereocenters. The van der Waals surface area contributed by atoms with Crippen LogP contribution in [0.4, 0.5) is 0 Å². The first-order valence-corrected chi connectivity index (χ1v) is 7.43. The molecule has 0 aliphatic heterocycles. The molecule has 0 amide bonds. The van der Waals surface area contributed by atoms with Gasteiger partial charge in [0.1, 0.15) is 5.75 Å². The Bertz CT molecular complexity index is 461. The average Bonchev–Trinajstić information content (AvgIpc) is 2.41. The molecule has 1 aromatic carbocycles. The highest BCUT2D eigenvalue weighted by Crippen LogP contribution is 2.42. The topological polar surface area (TPSA) is 30.5 Å². The van der Waals surface area contributed by atoms with E-state index in [-0.39, 0.29) is 5.60 Å². The summed E-state index contributed by atoms with van der Waals surface area (Å²) in [6.07, 6.45) is 4.67. The molecule has 3 nitrogen and oxygen atoms in total. The van der Waals surface area contributed by atoms with E-state index in [9.17, 15) is 0 Å². The maximum Gasteiger partial charge on any atom is 0.122 e. The molecule has 0 aromatic heterocycles. The van der Waals surface area contributed by atoms with Gasteiger partial charge >= 0.3 is 0 Å². The van der Waals surface area contributed by atoms with E-state index in [2.05, 4.69) is 31.3 Å². The SMILES string of the molecule is CNC(CC1(OC)CCC1)c1cc(C)c(OC)cc1C. The van der Waals surface area contributed by atoms with E-state index in [0.29, 0.717) is 6.04 Å². The Morgan fingerprint density at radius 2 is 1.90 bits per heavy atom. The van der Waals surface area contributed by atoms with Crippen molar-refractivity contribution in [3.05, 3.63) is 28.8 Å². The third kappa shape index (κ3) is 2.84. The summed E-state index contributed by atoms with van der Waals surface area (Å²) in [7, 11) is 5.61. The van der Waals surface area contributed by atoms with Crippen LogP contribution in [0.3, 0.4) is 0 Å². The Morgan fingerprint density at radius 1 is 1.20 bits per heavy atom. The van der Waals surface area contributed by atoms with Crippen molar-refractivity contribution in [1.82, 2.24) is 5.32 Å². The number of hydrogen-bond acceptors (Lipinski definition) is 3. The maximum atomic E-state index is 5.78. The van der Waals surface area contributed by atoms with Crippen LogP contribution in [0.1, 0.15) is 48.4 Å². The highest BCUT2D eigenvalue weighted by atomic mass is 16.5. The van der Waals surface area contributed by atoms with Gasteiger partial charge in [-0.05, 0) is 69.3 Å². The molecule has 0 spiro atoms. The van der Waals surface area contributed by atoms with Gasteiger partial charge in [0.05, 0.1) is 12.7 Å². The first-order chi connectivity index (χ1) is 9.55. The molecular formula is C17H27NO2. The van der Waals surface area contributed by atoms with Crippen LogP contribution in [0.2, 0.25) is 0 Å². The molecule has 0 heterocycles. The van der Waals surface area contributed by atoms with Gasteiger partial charge in [-0.3, -0.25) is 0 Å². The minimum atomic E-state index is 0.0773. The lowest BCUT2D eigenvalue weighted by atomic mass is 9.74. The van der Waals surface area contributed by atoms with Crippen molar-refractivity contribution in [3.63, 3.8) is 0 Å². The molecule has 1 saturated carbocycles. The molecule has 1 aliphatic carbocycles. The molecule has 1 fully saturated rings. The van der Waals surface area contributed by atoms with Crippen LogP contribution in [-0.2, 0) is 4.74 Å². The lowest BCUT2D eigenvalue weighted by Gasteiger charge is -2.43. The number of methoxy groups -OCH3 is 2. The molecule has 0 bridgehead atoms. The third-order valence-electron chi connectivity index (χ3n) is 4.78. The molecule has 2 rings (SSSR count). The standard InChI is InChI=1S/C17H27NO2/c1-12-10-16(19-4)13(2)9-14(12)15(18-3)11-17(20-5)7-6-8-17/h9-10,15,18H,6-8,11H2,1-5H3. The number of benzene rings is 1. The van der Waals surface area contributed by atoms with Crippen molar-refractivity contribution in [1.29, 1.82) is 0 Å². The van der Waals surface area contributed by atoms with Crippen LogP contribution in [-0.4, -0.2) is 26.9 Å². The molecule has 3 heteroatoms. The first-order valence-electron chi connectivity index (χ1n) is 7.43. The van der Waals surface area contributed by atoms with Crippen molar-refractivity contribution in [2.45, 2.75) is 51.2 Å². The van der Waals surface area contributed by atoms with Crippen LogP contribution < -0.4 is 10.1 Å². The first kappa shape index (κ1) is 15.3. The molecule has 1 aliphatic rings. The van der Waals surface area contributed by atoms with E-state index in [1.165, 1.54) is 36.0 Å². The van der Waals surface area contributed by atoms with Gasteiger partial charge in [0.25, 0.3) is 0 Å². The summed E-state index contributed by atoms with van der Waals surface area (Å²) in [4.78, 5) is 0. The Labute approximate surface area is 122 Å². The van der Waals surface area contributed by atoms with Gasteiger partial charge in [-0.25, -0.2) is 0 Å². The van der Waals surface area contributed by atoms with Crippen molar-refractivity contribution < 1.29 is 9.47 Å². The Balaban J connectivity index is 2.25. The van der Waals surface area contributed by atoms with Crippen LogP contribution in [0.5, 0.6) is 5.75 Å². The monoisotopic (exact) mass is 277 g/mol. The van der Waals surface area contributed by atoms with E-state index in [1.807, 2.05) is 14.2 Å². The number of rotatable bonds is 6. The fourth-order valence-electron chi connectivity index (χ4n) is 3.21. The zero-order valence-electron chi connectivity index (χ0n) is 13.4. The minimum absolute atomic E-state index is 0.0773. The molecular weight excluding hydrogens is 250 g/mol. The summed E-state index contributed by atoms with van der Waals surface area (Å²) in [5.41, 5.74) is 3.90. The Hall–Kier alpha value is -1.06. The highest BCUT2D eigenvalue weighted by molar-refractivity contribution is 5.43. The Morgan fingerprint density at radius 3 is 2.35 bits per heavy atom. The second-order valence-electron chi connectivity index (χ2n) is 5.96. The van der Waals surface area contributed by atoms with E-state index in [1.54, 1.807) is 7.11 Å². The summed E-state index contributed by atoms with van der Waals surface area (Å²) >= 11 is 0. The summed E-state index contributed by atoms with van der Waals surface area (Å²) < 4.78 is 11.2. The largest absolute Gasteiger partial charge is 0.496 e. The van der Waals surface area contributed by atoms with Gasteiger partial charge in [0, 0.05) is 13.2 Å². The summed E-state index contributed by atoms with van der Waals surface area (Å²) in [5, 5.41) is 3.46. The third-order valence-corrected chi connectivity index (χ3v) is 4.78. The quantitative estimate of drug-likeness (QED) is 0.863.